The van der Waals surface area contributed by atoms with Gasteiger partial charge in [-0.25, -0.2) is 4.39 Å². The molecule has 0 saturated heterocycles. The molecule has 1 heterocycles. The predicted molar refractivity (Wildman–Crippen MR) is 113 cm³/mol. The van der Waals surface area contributed by atoms with Crippen molar-refractivity contribution < 1.29 is 28.3 Å². The van der Waals surface area contributed by atoms with Gasteiger partial charge in [0.05, 0.1) is 12.0 Å². The molecule has 1 aliphatic carbocycles. The minimum absolute atomic E-state index is 0.176. The van der Waals surface area contributed by atoms with Crippen LogP contribution in [0.2, 0.25) is 0 Å². The van der Waals surface area contributed by atoms with Crippen molar-refractivity contribution in [3.05, 3.63) is 45.6 Å². The molecule has 8 nitrogen and oxygen atoms in total. The molecule has 31 heavy (non-hydrogen) atoms. The number of primary amides is 1. The first-order chi connectivity index (χ1) is 14.7. The van der Waals surface area contributed by atoms with Crippen molar-refractivity contribution >= 4 is 45.7 Å². The van der Waals surface area contributed by atoms with Gasteiger partial charge in [0.1, 0.15) is 10.8 Å². The summed E-state index contributed by atoms with van der Waals surface area (Å²) in [6.45, 7) is 1.04. The Kier molecular flexibility index (Phi) is 7.01. The summed E-state index contributed by atoms with van der Waals surface area (Å²) in [7, 11) is 0. The third-order valence-electron chi connectivity index (χ3n) is 4.80. The summed E-state index contributed by atoms with van der Waals surface area (Å²) in [6.07, 6.45) is 2.14. The Morgan fingerprint density at radius 1 is 1.13 bits per heavy atom. The number of halogens is 1. The lowest BCUT2D eigenvalue weighted by molar-refractivity contribution is -0.147. The summed E-state index contributed by atoms with van der Waals surface area (Å²) in [5.41, 5.74) is 7.38. The Bertz CT molecular complexity index is 1050. The fraction of sp³-hybridized carbons (Fsp3) is 0.333. The van der Waals surface area contributed by atoms with Crippen LogP contribution < -0.4 is 16.4 Å². The lowest BCUT2D eigenvalue weighted by atomic mass is 10.1. The normalized spacial score (nSPS) is 12.2. The zero-order valence-corrected chi connectivity index (χ0v) is 17.7. The minimum Gasteiger partial charge on any atom is -0.456 e. The molecule has 0 fully saturated rings. The van der Waals surface area contributed by atoms with E-state index in [0.717, 1.165) is 29.7 Å². The monoisotopic (exact) mass is 447 g/mol. The Labute approximate surface area is 182 Å². The third kappa shape index (κ3) is 5.66. The van der Waals surface area contributed by atoms with E-state index in [1.54, 1.807) is 6.92 Å². The van der Waals surface area contributed by atoms with Crippen LogP contribution in [0.25, 0.3) is 0 Å². The molecular weight excluding hydrogens is 425 g/mol. The van der Waals surface area contributed by atoms with Crippen LogP contribution in [-0.2, 0) is 32.0 Å². The number of nitrogens with two attached hydrogens (primary N) is 1. The maximum atomic E-state index is 13.5. The molecule has 164 valence electrons. The number of esters is 1. The van der Waals surface area contributed by atoms with E-state index < -0.39 is 36.1 Å². The number of fused-ring (bicyclic) bond motifs is 1. The van der Waals surface area contributed by atoms with Crippen LogP contribution in [0.1, 0.15) is 45.6 Å². The summed E-state index contributed by atoms with van der Waals surface area (Å²) in [5, 5.41) is 5.46. The Balaban J connectivity index is 1.43. The zero-order chi connectivity index (χ0) is 22.5. The van der Waals surface area contributed by atoms with Crippen molar-refractivity contribution in [2.75, 3.05) is 17.2 Å². The summed E-state index contributed by atoms with van der Waals surface area (Å²) >= 11 is 1.33. The quantitative estimate of drug-likeness (QED) is 0.536. The van der Waals surface area contributed by atoms with Crippen molar-refractivity contribution in [1.82, 2.24) is 0 Å². The van der Waals surface area contributed by atoms with Crippen molar-refractivity contribution in [2.24, 2.45) is 5.73 Å². The average molecular weight is 447 g/mol. The smallest absolute Gasteiger partial charge is 0.306 e. The molecule has 4 N–H and O–H groups in total. The van der Waals surface area contributed by atoms with Gasteiger partial charge in [0.2, 0.25) is 5.91 Å². The van der Waals surface area contributed by atoms with E-state index >= 15 is 0 Å². The number of hydrogen-bond acceptors (Lipinski definition) is 6. The first-order valence-corrected chi connectivity index (χ1v) is 10.5. The molecule has 1 aliphatic rings. The molecule has 0 unspecified atom stereocenters. The van der Waals surface area contributed by atoms with Gasteiger partial charge in [-0.3, -0.25) is 19.2 Å². The first kappa shape index (κ1) is 22.4. The molecule has 2 aromatic rings. The molecule has 0 aliphatic heterocycles. The van der Waals surface area contributed by atoms with Gasteiger partial charge in [0, 0.05) is 17.0 Å². The molecule has 1 aromatic carbocycles. The molecule has 0 radical (unpaired) electrons. The maximum absolute atomic E-state index is 13.5. The van der Waals surface area contributed by atoms with E-state index in [4.69, 9.17) is 10.5 Å². The number of rotatable bonds is 8. The second kappa shape index (κ2) is 9.69. The molecule has 0 spiro atoms. The molecular formula is C21H22FN3O5S. The minimum atomic E-state index is -0.732. The highest BCUT2D eigenvalue weighted by atomic mass is 32.1. The van der Waals surface area contributed by atoms with Gasteiger partial charge in [-0.15, -0.1) is 11.3 Å². The van der Waals surface area contributed by atoms with Crippen molar-refractivity contribution in [3.8, 4) is 0 Å². The Morgan fingerprint density at radius 2 is 1.90 bits per heavy atom. The van der Waals surface area contributed by atoms with Gasteiger partial charge < -0.3 is 21.1 Å². The lowest BCUT2D eigenvalue weighted by Gasteiger charge is -2.08. The van der Waals surface area contributed by atoms with E-state index in [1.165, 1.54) is 29.5 Å². The number of anilines is 2. The topological polar surface area (TPSA) is 128 Å². The van der Waals surface area contributed by atoms with Gasteiger partial charge in [-0.05, 0) is 49.4 Å². The largest absolute Gasteiger partial charge is 0.456 e. The van der Waals surface area contributed by atoms with E-state index in [-0.39, 0.29) is 18.5 Å². The molecule has 0 saturated carbocycles. The van der Waals surface area contributed by atoms with E-state index in [0.29, 0.717) is 16.1 Å². The van der Waals surface area contributed by atoms with Crippen LogP contribution in [0.3, 0.4) is 0 Å². The average Bonchev–Trinajstić information content (AvgIpc) is 3.28. The van der Waals surface area contributed by atoms with Gasteiger partial charge in [-0.2, -0.15) is 0 Å². The van der Waals surface area contributed by atoms with Crippen molar-refractivity contribution in [1.29, 1.82) is 0 Å². The van der Waals surface area contributed by atoms with Crippen molar-refractivity contribution in [2.45, 2.75) is 39.0 Å². The van der Waals surface area contributed by atoms with E-state index in [1.807, 2.05) is 0 Å². The molecule has 3 amide bonds. The highest BCUT2D eigenvalue weighted by Crippen LogP contribution is 2.38. The zero-order valence-electron chi connectivity index (χ0n) is 16.9. The number of thiophene rings is 1. The molecule has 0 bridgehead atoms. The standard InChI is InChI=1S/C21H22FN3O5S/c1-11-5-6-12(9-14(11)22)24-17(27)10-30-18(28)8-7-16(26)25-21-19(20(23)29)13-3-2-4-15(13)31-21/h5-6,9H,2-4,7-8,10H2,1H3,(H2,23,29)(H,24,27)(H,25,26). The van der Waals surface area contributed by atoms with Crippen molar-refractivity contribution in [3.63, 3.8) is 0 Å². The fourth-order valence-electron chi connectivity index (χ4n) is 3.24. The van der Waals surface area contributed by atoms with E-state index in [2.05, 4.69) is 10.6 Å². The van der Waals surface area contributed by atoms with Crippen LogP contribution in [-0.4, -0.2) is 30.3 Å². The second-order valence-electron chi connectivity index (χ2n) is 7.15. The highest BCUT2D eigenvalue weighted by Gasteiger charge is 2.26. The molecule has 3 rings (SSSR count). The number of nitrogens with one attached hydrogen (secondary N) is 2. The van der Waals surface area contributed by atoms with Gasteiger partial charge in [0.25, 0.3) is 11.8 Å². The highest BCUT2D eigenvalue weighted by molar-refractivity contribution is 7.17. The fourth-order valence-corrected chi connectivity index (χ4v) is 4.55. The second-order valence-corrected chi connectivity index (χ2v) is 8.25. The van der Waals surface area contributed by atoms with Crippen LogP contribution >= 0.6 is 11.3 Å². The summed E-state index contributed by atoms with van der Waals surface area (Å²) in [6, 6.07) is 4.21. The van der Waals surface area contributed by atoms with Gasteiger partial charge in [-0.1, -0.05) is 6.07 Å². The number of benzene rings is 1. The maximum Gasteiger partial charge on any atom is 0.306 e. The van der Waals surface area contributed by atoms with Crippen LogP contribution in [0, 0.1) is 12.7 Å². The summed E-state index contributed by atoms with van der Waals surface area (Å²) in [4.78, 5) is 48.6. The van der Waals surface area contributed by atoms with E-state index in [9.17, 15) is 23.6 Å². The van der Waals surface area contributed by atoms with Gasteiger partial charge in [0.15, 0.2) is 6.61 Å². The number of aryl methyl sites for hydroxylation is 2. The molecule has 0 atom stereocenters. The van der Waals surface area contributed by atoms with Crippen LogP contribution in [0.15, 0.2) is 18.2 Å². The molecule has 1 aromatic heterocycles. The number of hydrogen-bond donors (Lipinski definition) is 3. The van der Waals surface area contributed by atoms with Gasteiger partial charge >= 0.3 is 5.97 Å². The summed E-state index contributed by atoms with van der Waals surface area (Å²) < 4.78 is 18.3. The SMILES string of the molecule is Cc1ccc(NC(=O)COC(=O)CCC(=O)Nc2sc3c(c2C(N)=O)CCC3)cc1F. The lowest BCUT2D eigenvalue weighted by Crippen LogP contribution is -2.22. The number of carbonyl (C=O) groups excluding carboxylic acids is 4. The molecule has 10 heteroatoms. The third-order valence-corrected chi connectivity index (χ3v) is 6.00. The Morgan fingerprint density at radius 3 is 2.61 bits per heavy atom. The van der Waals surface area contributed by atoms with Crippen LogP contribution in [0.4, 0.5) is 15.1 Å². The number of ether oxygens (including phenoxy) is 1. The number of amides is 3. The first-order valence-electron chi connectivity index (χ1n) is 9.70. The number of carbonyl (C=O) groups is 4. The predicted octanol–water partition coefficient (Wildman–Crippen LogP) is 2.68. The summed E-state index contributed by atoms with van der Waals surface area (Å²) in [5.74, 6) is -2.87. The van der Waals surface area contributed by atoms with Crippen LogP contribution in [0.5, 0.6) is 0 Å². The Hall–Kier alpha value is -3.27.